The molecule has 2 heterocycles. The van der Waals surface area contributed by atoms with Gasteiger partial charge in [-0.25, -0.2) is 9.67 Å². The molecular weight excluding hydrogens is 282 g/mol. The summed E-state index contributed by atoms with van der Waals surface area (Å²) >= 11 is 0. The van der Waals surface area contributed by atoms with E-state index in [0.29, 0.717) is 13.0 Å². The number of aryl methyl sites for hydroxylation is 2. The Bertz CT molecular complexity index is 791. The largest absolute Gasteiger partial charge is 0.354 e. The molecule has 1 amide bonds. The van der Waals surface area contributed by atoms with Crippen LogP contribution >= 0.6 is 0 Å². The van der Waals surface area contributed by atoms with Gasteiger partial charge in [0, 0.05) is 20.0 Å². The minimum atomic E-state index is -0.123. The lowest BCUT2D eigenvalue weighted by Crippen LogP contribution is -2.30. The average molecular weight is 299 g/mol. The molecule has 0 fully saturated rings. The van der Waals surface area contributed by atoms with E-state index >= 15 is 0 Å². The molecule has 22 heavy (non-hydrogen) atoms. The molecule has 0 radical (unpaired) electrons. The molecule has 1 N–H and O–H groups in total. The summed E-state index contributed by atoms with van der Waals surface area (Å²) in [6.07, 6.45) is 2.08. The number of hydrogen-bond donors (Lipinski definition) is 1. The predicted molar refractivity (Wildman–Crippen MR) is 80.0 cm³/mol. The van der Waals surface area contributed by atoms with E-state index in [1.807, 2.05) is 14.0 Å². The molecule has 0 bridgehead atoms. The van der Waals surface area contributed by atoms with Gasteiger partial charge in [-0.2, -0.15) is 0 Å². The summed E-state index contributed by atoms with van der Waals surface area (Å²) in [6, 6.07) is 6.20. The second-order valence-corrected chi connectivity index (χ2v) is 5.19. The Morgan fingerprint density at radius 3 is 3.00 bits per heavy atom. The van der Waals surface area contributed by atoms with Crippen LogP contribution in [0.2, 0.25) is 0 Å². The fraction of sp³-hybridized carbons (Fsp3) is 0.357. The minimum Gasteiger partial charge on any atom is -0.354 e. The van der Waals surface area contributed by atoms with Gasteiger partial charge in [-0.05, 0) is 35.0 Å². The van der Waals surface area contributed by atoms with Crippen molar-refractivity contribution in [3.05, 3.63) is 35.9 Å². The first kappa shape index (κ1) is 14.2. The number of nitrogens with one attached hydrogen (secondary N) is 1. The van der Waals surface area contributed by atoms with Crippen LogP contribution in [-0.2, 0) is 24.8 Å². The molecule has 0 aliphatic heterocycles. The summed E-state index contributed by atoms with van der Waals surface area (Å²) < 4.78 is 3.44. The van der Waals surface area contributed by atoms with Crippen LogP contribution in [0.4, 0.5) is 0 Å². The number of aromatic nitrogens is 6. The molecule has 0 saturated carbocycles. The van der Waals surface area contributed by atoms with Gasteiger partial charge in [0.25, 0.3) is 0 Å². The summed E-state index contributed by atoms with van der Waals surface area (Å²) in [6.45, 7) is 2.69. The van der Waals surface area contributed by atoms with E-state index in [-0.39, 0.29) is 12.5 Å². The Labute approximate surface area is 127 Å². The molecule has 0 spiro atoms. The van der Waals surface area contributed by atoms with Crippen LogP contribution in [0.1, 0.15) is 11.4 Å². The van der Waals surface area contributed by atoms with Crippen LogP contribution in [0.25, 0.3) is 11.0 Å². The number of rotatable bonds is 5. The lowest BCUT2D eigenvalue weighted by atomic mass is 10.2. The zero-order valence-corrected chi connectivity index (χ0v) is 12.5. The van der Waals surface area contributed by atoms with Crippen molar-refractivity contribution in [2.45, 2.75) is 19.9 Å². The van der Waals surface area contributed by atoms with Gasteiger partial charge < -0.3 is 9.88 Å². The predicted octanol–water partition coefficient (Wildman–Crippen LogP) is 0.227. The molecule has 114 valence electrons. The summed E-state index contributed by atoms with van der Waals surface area (Å²) in [7, 11) is 1.99. The molecule has 0 atom stereocenters. The van der Waals surface area contributed by atoms with Crippen LogP contribution in [0, 0.1) is 6.92 Å². The fourth-order valence-electron chi connectivity index (χ4n) is 2.35. The third kappa shape index (κ3) is 2.95. The highest BCUT2D eigenvalue weighted by Gasteiger charge is 2.09. The van der Waals surface area contributed by atoms with E-state index < -0.39 is 0 Å². The van der Waals surface area contributed by atoms with Gasteiger partial charge in [0.1, 0.15) is 18.7 Å². The first-order valence-electron chi connectivity index (χ1n) is 7.03. The summed E-state index contributed by atoms with van der Waals surface area (Å²) in [5, 5.41) is 13.5. The van der Waals surface area contributed by atoms with Gasteiger partial charge in [-0.15, -0.1) is 5.10 Å². The molecule has 3 aromatic rings. The molecule has 8 nitrogen and oxygen atoms in total. The second kappa shape index (κ2) is 5.92. The maximum absolute atomic E-state index is 11.7. The smallest absolute Gasteiger partial charge is 0.241 e. The van der Waals surface area contributed by atoms with Gasteiger partial charge in [0.15, 0.2) is 0 Å². The second-order valence-electron chi connectivity index (χ2n) is 5.19. The standard InChI is InChI=1S/C14H17N7O/c1-10-3-4-12-11(7-10)17-13(20(12)2)5-6-15-14(22)8-21-9-16-18-19-21/h3-4,7,9H,5-6,8H2,1-2H3,(H,15,22). The maximum Gasteiger partial charge on any atom is 0.241 e. The number of imidazole rings is 1. The van der Waals surface area contributed by atoms with Crippen LogP contribution in [0.3, 0.4) is 0 Å². The summed E-state index contributed by atoms with van der Waals surface area (Å²) in [5.41, 5.74) is 3.27. The summed E-state index contributed by atoms with van der Waals surface area (Å²) in [4.78, 5) is 16.4. The number of amides is 1. The van der Waals surface area contributed by atoms with E-state index in [0.717, 1.165) is 16.9 Å². The number of fused-ring (bicyclic) bond motifs is 1. The first-order valence-corrected chi connectivity index (χ1v) is 7.03. The molecule has 8 heteroatoms. The van der Waals surface area contributed by atoms with Crippen molar-refractivity contribution in [3.63, 3.8) is 0 Å². The SMILES string of the molecule is Cc1ccc2c(c1)nc(CCNC(=O)Cn1cnnn1)n2C. The molecule has 0 saturated heterocycles. The van der Waals surface area contributed by atoms with Crippen molar-refractivity contribution >= 4 is 16.9 Å². The van der Waals surface area contributed by atoms with Crippen LogP contribution in [0.15, 0.2) is 24.5 Å². The van der Waals surface area contributed by atoms with E-state index in [4.69, 9.17) is 0 Å². The maximum atomic E-state index is 11.7. The number of carbonyl (C=O) groups is 1. The van der Waals surface area contributed by atoms with Gasteiger partial charge in [-0.3, -0.25) is 4.79 Å². The fourth-order valence-corrected chi connectivity index (χ4v) is 2.35. The van der Waals surface area contributed by atoms with Crippen molar-refractivity contribution in [2.24, 2.45) is 7.05 Å². The molecule has 0 aliphatic rings. The zero-order valence-electron chi connectivity index (χ0n) is 12.5. The highest BCUT2D eigenvalue weighted by molar-refractivity contribution is 5.77. The van der Waals surface area contributed by atoms with Crippen molar-refractivity contribution in [2.75, 3.05) is 6.54 Å². The number of benzene rings is 1. The minimum absolute atomic E-state index is 0.120. The Kier molecular flexibility index (Phi) is 3.82. The molecule has 3 rings (SSSR count). The van der Waals surface area contributed by atoms with Crippen molar-refractivity contribution in [1.82, 2.24) is 35.1 Å². The number of hydrogen-bond acceptors (Lipinski definition) is 5. The highest BCUT2D eigenvalue weighted by Crippen LogP contribution is 2.16. The van der Waals surface area contributed by atoms with Crippen LogP contribution in [0.5, 0.6) is 0 Å². The van der Waals surface area contributed by atoms with E-state index in [2.05, 4.69) is 48.6 Å². The third-order valence-electron chi connectivity index (χ3n) is 3.50. The van der Waals surface area contributed by atoms with E-state index in [1.165, 1.54) is 16.6 Å². The van der Waals surface area contributed by atoms with Gasteiger partial charge in [-0.1, -0.05) is 6.07 Å². The normalized spacial score (nSPS) is 11.0. The number of nitrogens with zero attached hydrogens (tertiary/aromatic N) is 6. The highest BCUT2D eigenvalue weighted by atomic mass is 16.2. The molecule has 1 aromatic carbocycles. The zero-order chi connectivity index (χ0) is 15.5. The van der Waals surface area contributed by atoms with Crippen molar-refractivity contribution < 1.29 is 4.79 Å². The monoisotopic (exact) mass is 299 g/mol. The average Bonchev–Trinajstić information content (AvgIpc) is 3.08. The Balaban J connectivity index is 1.59. The van der Waals surface area contributed by atoms with Crippen molar-refractivity contribution in [3.8, 4) is 0 Å². The lowest BCUT2D eigenvalue weighted by molar-refractivity contribution is -0.121. The van der Waals surface area contributed by atoms with Gasteiger partial charge in [0.05, 0.1) is 11.0 Å². The van der Waals surface area contributed by atoms with Gasteiger partial charge in [0.2, 0.25) is 5.91 Å². The molecular formula is C14H17N7O. The Morgan fingerprint density at radius 1 is 1.36 bits per heavy atom. The van der Waals surface area contributed by atoms with E-state index in [9.17, 15) is 4.79 Å². The van der Waals surface area contributed by atoms with Crippen LogP contribution < -0.4 is 5.32 Å². The topological polar surface area (TPSA) is 90.5 Å². The summed E-state index contributed by atoms with van der Waals surface area (Å²) in [5.74, 6) is 0.824. The number of carbonyl (C=O) groups excluding carboxylic acids is 1. The quantitative estimate of drug-likeness (QED) is 0.728. The Hall–Kier alpha value is -2.77. The molecule has 0 unspecified atom stereocenters. The lowest BCUT2D eigenvalue weighted by Gasteiger charge is -2.05. The first-order chi connectivity index (χ1) is 10.6. The number of tetrazole rings is 1. The molecule has 2 aromatic heterocycles. The van der Waals surface area contributed by atoms with Gasteiger partial charge >= 0.3 is 0 Å². The van der Waals surface area contributed by atoms with Crippen molar-refractivity contribution in [1.29, 1.82) is 0 Å². The molecule has 0 aliphatic carbocycles. The van der Waals surface area contributed by atoms with Crippen LogP contribution in [-0.4, -0.2) is 42.2 Å². The third-order valence-corrected chi connectivity index (χ3v) is 3.50. The Morgan fingerprint density at radius 2 is 2.23 bits per heavy atom. The van der Waals surface area contributed by atoms with E-state index in [1.54, 1.807) is 0 Å².